The Kier molecular flexibility index (Phi) is 7.11. The van der Waals surface area contributed by atoms with Crippen molar-refractivity contribution in [2.75, 3.05) is 46.3 Å². The fraction of sp³-hybridized carbons (Fsp3) is 0.926. The smallest absolute Gasteiger partial charge is 0.320 e. The van der Waals surface area contributed by atoms with Crippen LogP contribution in [0, 0.1) is 11.8 Å². The topological polar surface area (TPSA) is 71.2 Å². The molecule has 10 atom stereocenters. The number of halogens is 2. The molecule has 3 amide bonds. The van der Waals surface area contributed by atoms with Gasteiger partial charge in [-0.15, -0.1) is 0 Å². The van der Waals surface area contributed by atoms with Crippen LogP contribution >= 0.6 is 0 Å². The molecule has 0 bridgehead atoms. The zero-order chi connectivity index (χ0) is 25.8. The van der Waals surface area contributed by atoms with E-state index in [2.05, 4.69) is 27.4 Å². The molecule has 2 saturated carbocycles. The number of urea groups is 1. The Bertz CT molecular complexity index is 862. The molecule has 0 spiro atoms. The standard InChI is InChI=1S/C27H44F2N6O2/c1-16-3-4-23(29)22-12-24(31-25(16)22)26(36)30-18-9-17(28)10-20(11-18)33-6-5-19(14-33)34-7-8-35-21(15-34)13-32(2)27(35)37/h16-25,31H,3-15H2,1-2H3,(H,30,36)/t16?,17?,18?,19-,20?,21-,22?,23?,24?,25?/m0/s1. The summed E-state index contributed by atoms with van der Waals surface area (Å²) in [5.74, 6) is 0.212. The summed E-state index contributed by atoms with van der Waals surface area (Å²) in [7, 11) is 1.88. The third-order valence-corrected chi connectivity index (χ3v) is 10.4. The number of nitrogens with one attached hydrogen (secondary N) is 2. The molecule has 0 aromatic rings. The number of nitrogens with zero attached hydrogens (tertiary/aromatic N) is 4. The summed E-state index contributed by atoms with van der Waals surface area (Å²) in [6, 6.07) is 0.516. The quantitative estimate of drug-likeness (QED) is 0.587. The van der Waals surface area contributed by atoms with Gasteiger partial charge in [-0.25, -0.2) is 13.6 Å². The van der Waals surface area contributed by atoms with Crippen LogP contribution in [0.5, 0.6) is 0 Å². The second-order valence-electron chi connectivity index (χ2n) is 12.8. The van der Waals surface area contributed by atoms with E-state index in [4.69, 9.17) is 0 Å². The van der Waals surface area contributed by atoms with Crippen molar-refractivity contribution in [3.05, 3.63) is 0 Å². The molecule has 8 unspecified atom stereocenters. The fourth-order valence-electron chi connectivity index (χ4n) is 8.37. The molecule has 4 saturated heterocycles. The second-order valence-corrected chi connectivity index (χ2v) is 12.8. The van der Waals surface area contributed by atoms with E-state index in [1.54, 1.807) is 0 Å². The van der Waals surface area contributed by atoms with Gasteiger partial charge >= 0.3 is 6.03 Å². The third-order valence-electron chi connectivity index (χ3n) is 10.4. The number of rotatable bonds is 4. The minimum Gasteiger partial charge on any atom is -0.352 e. The first-order valence-corrected chi connectivity index (χ1v) is 14.6. The van der Waals surface area contributed by atoms with Crippen molar-refractivity contribution in [3.8, 4) is 0 Å². The highest BCUT2D eigenvalue weighted by Gasteiger charge is 2.47. The lowest BCUT2D eigenvalue weighted by atomic mass is 9.77. The lowest BCUT2D eigenvalue weighted by Gasteiger charge is -2.41. The van der Waals surface area contributed by atoms with Gasteiger partial charge in [-0.2, -0.15) is 0 Å². The highest BCUT2D eigenvalue weighted by Crippen LogP contribution is 2.39. The van der Waals surface area contributed by atoms with Crippen LogP contribution in [-0.2, 0) is 4.79 Å². The van der Waals surface area contributed by atoms with Gasteiger partial charge in [0.25, 0.3) is 0 Å². The van der Waals surface area contributed by atoms with Crippen molar-refractivity contribution < 1.29 is 18.4 Å². The van der Waals surface area contributed by atoms with Crippen LogP contribution in [0.1, 0.15) is 51.9 Å². The molecule has 6 aliphatic rings. The summed E-state index contributed by atoms with van der Waals surface area (Å²) in [5, 5.41) is 6.56. The minimum atomic E-state index is -0.916. The molecule has 0 aromatic heterocycles. The normalized spacial score (nSPS) is 45.2. The van der Waals surface area contributed by atoms with Crippen molar-refractivity contribution in [1.29, 1.82) is 0 Å². The first-order chi connectivity index (χ1) is 17.8. The highest BCUT2D eigenvalue weighted by molar-refractivity contribution is 5.82. The number of fused-ring (bicyclic) bond motifs is 2. The molecule has 0 aromatic carbocycles. The SMILES string of the molecule is CC1CCC(F)C2CC(C(=O)NC3CC(F)CC(N4CC[C@H](N5CCN6C(=O)N(C)C[C@H]6C5)C4)C3)NC12. The Morgan fingerprint density at radius 3 is 2.51 bits per heavy atom. The van der Waals surface area contributed by atoms with E-state index in [1.807, 2.05) is 16.8 Å². The van der Waals surface area contributed by atoms with E-state index < -0.39 is 12.3 Å². The van der Waals surface area contributed by atoms with Crippen LogP contribution in [0.3, 0.4) is 0 Å². The number of hydrogen-bond acceptors (Lipinski definition) is 5. The van der Waals surface area contributed by atoms with E-state index in [0.717, 1.165) is 58.5 Å². The summed E-state index contributed by atoms with van der Waals surface area (Å²) >= 11 is 0. The zero-order valence-electron chi connectivity index (χ0n) is 22.3. The Morgan fingerprint density at radius 1 is 0.919 bits per heavy atom. The summed E-state index contributed by atoms with van der Waals surface area (Å²) in [6.45, 7) is 7.42. The lowest BCUT2D eigenvalue weighted by Crippen LogP contribution is -2.56. The Balaban J connectivity index is 1.01. The summed E-state index contributed by atoms with van der Waals surface area (Å²) in [4.78, 5) is 34.2. The fourth-order valence-corrected chi connectivity index (χ4v) is 8.37. The molecule has 8 nitrogen and oxygen atoms in total. The number of amides is 3. The average Bonchev–Trinajstić information content (AvgIpc) is 3.60. The Labute approximate surface area is 219 Å². The first-order valence-electron chi connectivity index (χ1n) is 14.6. The maximum Gasteiger partial charge on any atom is 0.320 e. The Hall–Kier alpha value is -1.52. The van der Waals surface area contributed by atoms with Crippen LogP contribution < -0.4 is 10.6 Å². The number of hydrogen-bond donors (Lipinski definition) is 2. The number of likely N-dealkylation sites (N-methyl/N-ethyl adjacent to an activating group) is 1. The van der Waals surface area contributed by atoms with Gasteiger partial charge in [-0.3, -0.25) is 14.6 Å². The van der Waals surface area contributed by atoms with E-state index in [-0.39, 0.29) is 48.1 Å². The van der Waals surface area contributed by atoms with E-state index >= 15 is 0 Å². The molecular weight excluding hydrogens is 478 g/mol. The summed E-state index contributed by atoms with van der Waals surface area (Å²) < 4.78 is 29.4. The van der Waals surface area contributed by atoms with Gasteiger partial charge < -0.3 is 20.4 Å². The molecule has 6 rings (SSSR count). The monoisotopic (exact) mass is 522 g/mol. The van der Waals surface area contributed by atoms with Gasteiger partial charge in [-0.1, -0.05) is 6.92 Å². The molecule has 2 aliphatic carbocycles. The van der Waals surface area contributed by atoms with Crippen LogP contribution in [-0.4, -0.2) is 126 Å². The molecule has 37 heavy (non-hydrogen) atoms. The molecule has 4 aliphatic heterocycles. The van der Waals surface area contributed by atoms with Crippen LogP contribution in [0.4, 0.5) is 13.6 Å². The van der Waals surface area contributed by atoms with Crippen molar-refractivity contribution in [2.45, 2.75) is 100 Å². The minimum absolute atomic E-state index is 0.0682. The zero-order valence-corrected chi connectivity index (χ0v) is 22.3. The highest BCUT2D eigenvalue weighted by atomic mass is 19.1. The van der Waals surface area contributed by atoms with Crippen LogP contribution in [0.25, 0.3) is 0 Å². The van der Waals surface area contributed by atoms with Gasteiger partial charge in [0.2, 0.25) is 5.91 Å². The molecular formula is C27H44F2N6O2. The van der Waals surface area contributed by atoms with Gasteiger partial charge in [0.15, 0.2) is 0 Å². The molecule has 10 heteroatoms. The molecule has 0 radical (unpaired) electrons. The Morgan fingerprint density at radius 2 is 1.70 bits per heavy atom. The van der Waals surface area contributed by atoms with Gasteiger partial charge in [-0.05, 0) is 50.9 Å². The van der Waals surface area contributed by atoms with Crippen molar-refractivity contribution in [3.63, 3.8) is 0 Å². The largest absolute Gasteiger partial charge is 0.352 e. The van der Waals surface area contributed by atoms with Crippen LogP contribution in [0.2, 0.25) is 0 Å². The number of alkyl halides is 2. The summed E-state index contributed by atoms with van der Waals surface area (Å²) in [5.41, 5.74) is 0. The lowest BCUT2D eigenvalue weighted by molar-refractivity contribution is -0.124. The van der Waals surface area contributed by atoms with Crippen LogP contribution in [0.15, 0.2) is 0 Å². The summed E-state index contributed by atoms with van der Waals surface area (Å²) in [6.07, 6.45) is 2.99. The first kappa shape index (κ1) is 25.7. The number of piperazine rings is 1. The molecule has 4 heterocycles. The molecule has 6 fully saturated rings. The molecule has 208 valence electrons. The number of carbonyl (C=O) groups is 2. The molecule has 2 N–H and O–H groups in total. The average molecular weight is 523 g/mol. The van der Waals surface area contributed by atoms with Crippen molar-refractivity contribution in [1.82, 2.24) is 30.2 Å². The van der Waals surface area contributed by atoms with Gasteiger partial charge in [0, 0.05) is 76.4 Å². The second kappa shape index (κ2) is 10.2. The maximum absolute atomic E-state index is 14.9. The van der Waals surface area contributed by atoms with Gasteiger partial charge in [0.05, 0.1) is 12.1 Å². The number of likely N-dealkylation sites (tertiary alicyclic amines) is 1. The van der Waals surface area contributed by atoms with E-state index in [9.17, 15) is 18.4 Å². The van der Waals surface area contributed by atoms with E-state index in [0.29, 0.717) is 37.6 Å². The predicted molar refractivity (Wildman–Crippen MR) is 137 cm³/mol. The predicted octanol–water partition coefficient (Wildman–Crippen LogP) is 1.60. The third kappa shape index (κ3) is 4.98. The van der Waals surface area contributed by atoms with Crippen molar-refractivity contribution >= 4 is 11.9 Å². The maximum atomic E-state index is 14.9. The number of carbonyl (C=O) groups excluding carboxylic acids is 2. The van der Waals surface area contributed by atoms with Gasteiger partial charge in [0.1, 0.15) is 12.3 Å². The van der Waals surface area contributed by atoms with Crippen molar-refractivity contribution in [2.24, 2.45) is 11.8 Å². The van der Waals surface area contributed by atoms with E-state index in [1.165, 1.54) is 0 Å².